The van der Waals surface area contributed by atoms with Gasteiger partial charge in [0.1, 0.15) is 5.82 Å². The van der Waals surface area contributed by atoms with Crippen LogP contribution in [0.15, 0.2) is 96.6 Å². The number of ketones is 1. The Morgan fingerprint density at radius 2 is 1.59 bits per heavy atom. The number of carbonyl (C=O) groups is 5. The van der Waals surface area contributed by atoms with Crippen LogP contribution in [0.2, 0.25) is 10.0 Å². The molecule has 6 atom stereocenters. The van der Waals surface area contributed by atoms with Gasteiger partial charge in [-0.05, 0) is 110 Å². The first-order valence-corrected chi connectivity index (χ1v) is 18.0. The lowest BCUT2D eigenvalue weighted by Gasteiger charge is -2.50. The zero-order valence-electron chi connectivity index (χ0n) is 28.9. The molecule has 2 aliphatic carbocycles. The van der Waals surface area contributed by atoms with Crippen molar-refractivity contribution in [1.29, 1.82) is 0 Å². The molecule has 0 unspecified atom stereocenters. The number of anilines is 2. The normalized spacial score (nSPS) is 25.9. The first-order chi connectivity index (χ1) is 25.9. The number of aromatic hydroxyl groups is 1. The Bertz CT molecular complexity index is 2300. The fourth-order valence-corrected chi connectivity index (χ4v) is 9.39. The molecule has 2 N–H and O–H groups in total. The van der Waals surface area contributed by atoms with Crippen LogP contribution in [0.5, 0.6) is 11.5 Å². The monoisotopic (exact) mass is 767 g/mol. The number of hydrogen-bond donors (Lipinski definition) is 2. The van der Waals surface area contributed by atoms with E-state index in [1.165, 1.54) is 44.4 Å². The number of hydrogen-bond acceptors (Lipinski definition) is 8. The molecule has 3 fully saturated rings. The summed E-state index contributed by atoms with van der Waals surface area (Å²) in [4.78, 5) is 71.8. The molecule has 8 rings (SSSR count). The molecular formula is C41H32Cl2FN3O7. The maximum absolute atomic E-state index is 15.3. The molecule has 13 heteroatoms. The minimum absolute atomic E-state index is 0.0252. The lowest BCUT2D eigenvalue weighted by atomic mass is 9.49. The zero-order chi connectivity index (χ0) is 38.2. The Labute approximate surface area is 319 Å². The molecule has 54 heavy (non-hydrogen) atoms. The van der Waals surface area contributed by atoms with Crippen molar-refractivity contribution in [2.75, 3.05) is 17.4 Å². The number of allylic oxidation sites excluding steroid dienone is 2. The number of carbonyl (C=O) groups excluding carboxylic acids is 5. The Morgan fingerprint density at radius 3 is 2.24 bits per heavy atom. The van der Waals surface area contributed by atoms with Crippen molar-refractivity contribution in [1.82, 2.24) is 5.01 Å². The molecule has 274 valence electrons. The number of hydrazine groups is 1. The molecular weight excluding hydrogens is 736 g/mol. The minimum Gasteiger partial charge on any atom is -0.503 e. The summed E-state index contributed by atoms with van der Waals surface area (Å²) in [6, 6.07) is 21.2. The fourth-order valence-electron chi connectivity index (χ4n) is 9.05. The van der Waals surface area contributed by atoms with Crippen LogP contribution < -0.4 is 15.1 Å². The second kappa shape index (κ2) is 13.1. The van der Waals surface area contributed by atoms with Gasteiger partial charge in [0.2, 0.25) is 11.8 Å². The van der Waals surface area contributed by atoms with Crippen LogP contribution in [0.25, 0.3) is 0 Å². The van der Waals surface area contributed by atoms with Gasteiger partial charge in [-0.1, -0.05) is 47.0 Å². The van der Waals surface area contributed by atoms with Gasteiger partial charge in [-0.25, -0.2) is 4.39 Å². The number of methoxy groups -OCH3 is 1. The first kappa shape index (κ1) is 35.5. The summed E-state index contributed by atoms with van der Waals surface area (Å²) in [7, 11) is 1.36. The van der Waals surface area contributed by atoms with E-state index in [0.717, 1.165) is 9.91 Å². The molecule has 0 radical (unpaired) electrons. The SMILES string of the molecule is COc1cc([C@H]2C3=CC[C@@H]4C(=O)N(c5ccc(C(C)=O)cc5)C(=O)[C@@H]4[C@@H]3C[C@H]3C(=O)N(Nc4ccc(F)cc4)C(=O)[C@@]23c2ccc(Cl)cc2)cc(Cl)c1O. The van der Waals surface area contributed by atoms with Gasteiger partial charge in [0, 0.05) is 16.5 Å². The smallest absolute Gasteiger partial charge is 0.260 e. The van der Waals surface area contributed by atoms with Crippen molar-refractivity contribution in [2.24, 2.45) is 23.7 Å². The van der Waals surface area contributed by atoms with Gasteiger partial charge in [0.15, 0.2) is 17.3 Å². The van der Waals surface area contributed by atoms with Gasteiger partial charge >= 0.3 is 0 Å². The Morgan fingerprint density at radius 1 is 0.907 bits per heavy atom. The standard InChI is InChI=1S/C41H32Cl2FN3O7/c1-20(48)21-3-13-27(14-4-21)46-37(50)29-16-15-28-30(34(29)39(46)52)19-31-38(51)47(45-26-11-9-25(44)10-12-26)40(53)41(31,23-5-7-24(42)8-6-23)35(28)22-17-32(43)36(49)33(18-22)54-2/h3-15,17-18,29-31,34-35,45,49H,16,19H2,1-2H3/t29-,30+,31-,34-,35-,41+/m0/s1. The molecule has 4 aromatic carbocycles. The topological polar surface area (TPSA) is 133 Å². The third-order valence-corrected chi connectivity index (χ3v) is 11.9. The largest absolute Gasteiger partial charge is 0.503 e. The van der Waals surface area contributed by atoms with E-state index >= 15 is 4.79 Å². The van der Waals surface area contributed by atoms with E-state index < -0.39 is 64.5 Å². The van der Waals surface area contributed by atoms with Gasteiger partial charge < -0.3 is 9.84 Å². The molecule has 2 saturated heterocycles. The van der Waals surface area contributed by atoms with Crippen LogP contribution in [0.3, 0.4) is 0 Å². The van der Waals surface area contributed by atoms with E-state index in [1.807, 2.05) is 6.08 Å². The number of benzene rings is 4. The van der Waals surface area contributed by atoms with E-state index in [-0.39, 0.29) is 40.8 Å². The van der Waals surface area contributed by atoms with Crippen molar-refractivity contribution in [3.63, 3.8) is 0 Å². The number of ether oxygens (including phenoxy) is 1. The lowest BCUT2D eigenvalue weighted by molar-refractivity contribution is -0.138. The van der Waals surface area contributed by atoms with E-state index in [0.29, 0.717) is 33.0 Å². The molecule has 0 bridgehead atoms. The van der Waals surface area contributed by atoms with Crippen LogP contribution >= 0.6 is 23.2 Å². The number of phenolic OH excluding ortho intramolecular Hbond substituents is 1. The number of fused-ring (bicyclic) bond motifs is 4. The molecule has 0 spiro atoms. The van der Waals surface area contributed by atoms with Crippen molar-refractivity contribution in [2.45, 2.75) is 31.1 Å². The third-order valence-electron chi connectivity index (χ3n) is 11.4. The van der Waals surface area contributed by atoms with Crippen LogP contribution in [0, 0.1) is 29.5 Å². The average Bonchev–Trinajstić information content (AvgIpc) is 3.54. The molecule has 0 aromatic heterocycles. The zero-order valence-corrected chi connectivity index (χ0v) is 30.4. The highest BCUT2D eigenvalue weighted by Gasteiger charge is 2.70. The maximum atomic E-state index is 15.3. The van der Waals surface area contributed by atoms with Crippen LogP contribution in [-0.2, 0) is 24.6 Å². The predicted molar refractivity (Wildman–Crippen MR) is 198 cm³/mol. The van der Waals surface area contributed by atoms with Crippen LogP contribution in [0.1, 0.15) is 47.2 Å². The van der Waals surface area contributed by atoms with E-state index in [2.05, 4.69) is 5.43 Å². The Kier molecular flexibility index (Phi) is 8.62. The number of rotatable bonds is 7. The van der Waals surface area contributed by atoms with E-state index in [4.69, 9.17) is 27.9 Å². The Balaban J connectivity index is 1.32. The molecule has 2 aliphatic heterocycles. The van der Waals surface area contributed by atoms with Crippen molar-refractivity contribution < 1.29 is 38.2 Å². The first-order valence-electron chi connectivity index (χ1n) is 17.3. The number of halogens is 3. The summed E-state index contributed by atoms with van der Waals surface area (Å²) in [6.45, 7) is 1.43. The summed E-state index contributed by atoms with van der Waals surface area (Å²) in [5, 5.41) is 12.1. The fraction of sp³-hybridized carbons (Fsp3) is 0.244. The number of nitrogens with zero attached hydrogens (tertiary/aromatic N) is 2. The molecule has 4 aromatic rings. The van der Waals surface area contributed by atoms with E-state index in [1.54, 1.807) is 54.6 Å². The summed E-state index contributed by atoms with van der Waals surface area (Å²) in [5.74, 6) is -7.36. The third kappa shape index (κ3) is 5.24. The van der Waals surface area contributed by atoms with E-state index in [9.17, 15) is 28.7 Å². The molecule has 10 nitrogen and oxygen atoms in total. The van der Waals surface area contributed by atoms with Gasteiger partial charge in [-0.3, -0.25) is 34.3 Å². The highest BCUT2D eigenvalue weighted by Crippen LogP contribution is 2.64. The Hall–Kier alpha value is -5.52. The quantitative estimate of drug-likeness (QED) is 0.114. The highest BCUT2D eigenvalue weighted by molar-refractivity contribution is 6.32. The predicted octanol–water partition coefficient (Wildman–Crippen LogP) is 7.24. The van der Waals surface area contributed by atoms with Crippen molar-refractivity contribution >= 4 is 64.0 Å². The summed E-state index contributed by atoms with van der Waals surface area (Å²) in [6.07, 6.45) is 2.08. The van der Waals surface area contributed by atoms with Gasteiger partial charge in [0.25, 0.3) is 11.8 Å². The van der Waals surface area contributed by atoms with Crippen molar-refractivity contribution in [3.05, 3.63) is 129 Å². The maximum Gasteiger partial charge on any atom is 0.260 e. The summed E-state index contributed by atoms with van der Waals surface area (Å²) < 4.78 is 19.4. The molecule has 4 aliphatic rings. The van der Waals surface area contributed by atoms with Gasteiger partial charge in [-0.15, -0.1) is 0 Å². The number of imide groups is 2. The lowest BCUT2D eigenvalue weighted by Crippen LogP contribution is -2.53. The summed E-state index contributed by atoms with van der Waals surface area (Å²) >= 11 is 13.0. The second-order valence-electron chi connectivity index (χ2n) is 14.0. The highest BCUT2D eigenvalue weighted by atomic mass is 35.5. The minimum atomic E-state index is -1.65. The summed E-state index contributed by atoms with van der Waals surface area (Å²) in [5.41, 5.74) is 3.86. The second-order valence-corrected chi connectivity index (χ2v) is 14.9. The molecule has 2 heterocycles. The van der Waals surface area contributed by atoms with Gasteiger partial charge in [0.05, 0.1) is 46.7 Å². The molecule has 4 amide bonds. The average molecular weight is 769 g/mol. The molecule has 1 saturated carbocycles. The van der Waals surface area contributed by atoms with Crippen molar-refractivity contribution in [3.8, 4) is 11.5 Å². The van der Waals surface area contributed by atoms with Gasteiger partial charge in [-0.2, -0.15) is 5.01 Å². The number of nitrogens with one attached hydrogen (secondary N) is 1. The number of Topliss-reactive ketones (excluding diaryl/α,β-unsaturated/α-hetero) is 1. The number of phenols is 1. The van der Waals surface area contributed by atoms with Crippen LogP contribution in [-0.4, -0.2) is 46.6 Å². The van der Waals surface area contributed by atoms with Crippen LogP contribution in [0.4, 0.5) is 15.8 Å². The number of amides is 4.